The summed E-state index contributed by atoms with van der Waals surface area (Å²) in [6.07, 6.45) is 1.98. The van der Waals surface area contributed by atoms with Crippen LogP contribution in [-0.2, 0) is 11.2 Å². The quantitative estimate of drug-likeness (QED) is 0.753. The Bertz CT molecular complexity index is 376. The monoisotopic (exact) mass is 286 g/mol. The normalized spacial score (nSPS) is 12.5. The summed E-state index contributed by atoms with van der Waals surface area (Å²) in [6, 6.07) is 4.99. The number of hydrogen-bond donors (Lipinski definition) is 0. The first-order valence-electron chi connectivity index (χ1n) is 5.47. The number of carbonyl (C=O) groups excluding carboxylic acids is 1. The van der Waals surface area contributed by atoms with E-state index in [1.54, 1.807) is 13.0 Å². The third-order valence-electron chi connectivity index (χ3n) is 2.62. The van der Waals surface area contributed by atoms with E-state index < -0.39 is 0 Å². The smallest absolute Gasteiger partial charge is 0.146 e. The van der Waals surface area contributed by atoms with Gasteiger partial charge in [0.1, 0.15) is 11.6 Å². The van der Waals surface area contributed by atoms with E-state index >= 15 is 0 Å². The number of alkyl halides is 1. The van der Waals surface area contributed by atoms with Gasteiger partial charge in [0, 0.05) is 6.42 Å². The van der Waals surface area contributed by atoms with Gasteiger partial charge in [0.15, 0.2) is 0 Å². The van der Waals surface area contributed by atoms with Gasteiger partial charge in [-0.1, -0.05) is 35.0 Å². The lowest BCUT2D eigenvalue weighted by atomic mass is 10.0. The molecule has 0 aliphatic carbocycles. The van der Waals surface area contributed by atoms with Gasteiger partial charge in [-0.05, 0) is 37.0 Å². The molecule has 0 radical (unpaired) electrons. The molecule has 0 aliphatic rings. The second-order valence-corrected chi connectivity index (χ2v) is 5.02. The van der Waals surface area contributed by atoms with E-state index in [-0.39, 0.29) is 16.4 Å². The molecule has 0 saturated carbocycles. The van der Waals surface area contributed by atoms with E-state index in [1.807, 2.05) is 13.0 Å². The van der Waals surface area contributed by atoms with Crippen molar-refractivity contribution in [1.82, 2.24) is 0 Å². The average molecular weight is 287 g/mol. The zero-order chi connectivity index (χ0) is 12.1. The Morgan fingerprint density at radius 1 is 1.50 bits per heavy atom. The Labute approximate surface area is 104 Å². The van der Waals surface area contributed by atoms with Crippen molar-refractivity contribution < 1.29 is 9.18 Å². The summed E-state index contributed by atoms with van der Waals surface area (Å²) < 4.78 is 13.3. The van der Waals surface area contributed by atoms with Crippen molar-refractivity contribution in [1.29, 1.82) is 0 Å². The number of benzene rings is 1. The van der Waals surface area contributed by atoms with Gasteiger partial charge in [-0.15, -0.1) is 0 Å². The first-order chi connectivity index (χ1) is 7.56. The summed E-state index contributed by atoms with van der Waals surface area (Å²) in [4.78, 5) is 11.4. The van der Waals surface area contributed by atoms with Crippen LogP contribution in [0.4, 0.5) is 4.39 Å². The van der Waals surface area contributed by atoms with Crippen LogP contribution in [0.1, 0.15) is 30.9 Å². The van der Waals surface area contributed by atoms with E-state index in [9.17, 15) is 9.18 Å². The minimum atomic E-state index is -0.208. The Balaban J connectivity index is 2.73. The SMILES string of the molecule is CCCC(=O)C(Br)Cc1cccc(F)c1C. The van der Waals surface area contributed by atoms with Gasteiger partial charge in [-0.3, -0.25) is 4.79 Å². The molecule has 1 unspecified atom stereocenters. The van der Waals surface area contributed by atoms with Gasteiger partial charge in [-0.2, -0.15) is 0 Å². The second-order valence-electron chi connectivity index (χ2n) is 3.91. The zero-order valence-corrected chi connectivity index (χ0v) is 11.2. The molecule has 1 nitrogen and oxygen atoms in total. The topological polar surface area (TPSA) is 17.1 Å². The largest absolute Gasteiger partial charge is 0.298 e. The average Bonchev–Trinajstić information content (AvgIpc) is 2.25. The fourth-order valence-corrected chi connectivity index (χ4v) is 2.16. The van der Waals surface area contributed by atoms with Crippen LogP contribution in [0.15, 0.2) is 18.2 Å². The molecular formula is C13H16BrFO. The van der Waals surface area contributed by atoms with Gasteiger partial charge < -0.3 is 0 Å². The molecule has 16 heavy (non-hydrogen) atoms. The Morgan fingerprint density at radius 3 is 2.81 bits per heavy atom. The summed E-state index contributed by atoms with van der Waals surface area (Å²) in [5.41, 5.74) is 1.53. The highest BCUT2D eigenvalue weighted by Crippen LogP contribution is 2.18. The molecule has 1 rings (SSSR count). The van der Waals surface area contributed by atoms with Crippen LogP contribution in [-0.4, -0.2) is 10.6 Å². The highest BCUT2D eigenvalue weighted by molar-refractivity contribution is 9.10. The van der Waals surface area contributed by atoms with Crippen LogP contribution in [0, 0.1) is 12.7 Å². The van der Waals surface area contributed by atoms with Crippen molar-refractivity contribution in [2.24, 2.45) is 0 Å². The maximum Gasteiger partial charge on any atom is 0.146 e. The molecule has 0 amide bonds. The Kier molecular flexibility index (Phi) is 5.13. The molecule has 0 fully saturated rings. The number of halogens is 2. The molecule has 0 bridgehead atoms. The van der Waals surface area contributed by atoms with E-state index in [4.69, 9.17) is 0 Å². The molecule has 3 heteroatoms. The van der Waals surface area contributed by atoms with Gasteiger partial charge in [0.25, 0.3) is 0 Å². The lowest BCUT2D eigenvalue weighted by molar-refractivity contribution is -0.118. The lowest BCUT2D eigenvalue weighted by Crippen LogP contribution is -2.16. The minimum absolute atomic E-state index is 0.186. The summed E-state index contributed by atoms with van der Waals surface area (Å²) >= 11 is 3.37. The number of rotatable bonds is 5. The summed E-state index contributed by atoms with van der Waals surface area (Å²) in [5.74, 6) is -0.0219. The number of carbonyl (C=O) groups is 1. The first kappa shape index (κ1) is 13.4. The van der Waals surface area contributed by atoms with Crippen LogP contribution >= 0.6 is 15.9 Å². The molecular weight excluding hydrogens is 271 g/mol. The van der Waals surface area contributed by atoms with Crippen LogP contribution in [0.5, 0.6) is 0 Å². The molecule has 0 aliphatic heterocycles. The first-order valence-corrected chi connectivity index (χ1v) is 6.38. The van der Waals surface area contributed by atoms with Crippen LogP contribution < -0.4 is 0 Å². The van der Waals surface area contributed by atoms with Crippen molar-refractivity contribution in [3.05, 3.63) is 35.1 Å². The van der Waals surface area contributed by atoms with Crippen LogP contribution in [0.3, 0.4) is 0 Å². The molecule has 0 N–H and O–H groups in total. The molecule has 0 aromatic heterocycles. The molecule has 1 atom stereocenters. The molecule has 88 valence electrons. The van der Waals surface area contributed by atoms with Gasteiger partial charge in [0.05, 0.1) is 4.83 Å². The Hall–Kier alpha value is -0.700. The van der Waals surface area contributed by atoms with Crippen LogP contribution in [0.25, 0.3) is 0 Å². The van der Waals surface area contributed by atoms with Gasteiger partial charge >= 0.3 is 0 Å². The van der Waals surface area contributed by atoms with Gasteiger partial charge in [0.2, 0.25) is 0 Å². The van der Waals surface area contributed by atoms with Crippen LogP contribution in [0.2, 0.25) is 0 Å². The molecule has 1 aromatic carbocycles. The van der Waals surface area contributed by atoms with Crippen molar-refractivity contribution >= 4 is 21.7 Å². The maximum absolute atomic E-state index is 13.3. The van der Waals surface area contributed by atoms with E-state index in [1.165, 1.54) is 6.07 Å². The third-order valence-corrected chi connectivity index (χ3v) is 3.46. The van der Waals surface area contributed by atoms with Crippen molar-refractivity contribution in [2.75, 3.05) is 0 Å². The van der Waals surface area contributed by atoms with Crippen molar-refractivity contribution in [3.8, 4) is 0 Å². The number of hydrogen-bond acceptors (Lipinski definition) is 1. The lowest BCUT2D eigenvalue weighted by Gasteiger charge is -2.11. The molecule has 0 heterocycles. The number of Topliss-reactive ketones (excluding diaryl/α,β-unsaturated/α-hetero) is 1. The molecule has 0 spiro atoms. The molecule has 0 saturated heterocycles. The summed E-state index contributed by atoms with van der Waals surface area (Å²) in [5, 5.41) is 0. The standard InChI is InChI=1S/C13H16BrFO/c1-3-5-13(16)11(14)8-10-6-4-7-12(15)9(10)2/h4,6-7,11H,3,5,8H2,1-2H3. The predicted octanol–water partition coefficient (Wildman–Crippen LogP) is 3.81. The minimum Gasteiger partial charge on any atom is -0.298 e. The fourth-order valence-electron chi connectivity index (χ4n) is 1.58. The molecule has 1 aromatic rings. The zero-order valence-electron chi connectivity index (χ0n) is 9.59. The van der Waals surface area contributed by atoms with E-state index in [2.05, 4.69) is 15.9 Å². The number of ketones is 1. The maximum atomic E-state index is 13.3. The second kappa shape index (κ2) is 6.14. The highest BCUT2D eigenvalue weighted by Gasteiger charge is 2.16. The summed E-state index contributed by atoms with van der Waals surface area (Å²) in [7, 11) is 0. The summed E-state index contributed by atoms with van der Waals surface area (Å²) in [6.45, 7) is 3.72. The van der Waals surface area contributed by atoms with Crippen molar-refractivity contribution in [2.45, 2.75) is 37.9 Å². The van der Waals surface area contributed by atoms with E-state index in [0.717, 1.165) is 12.0 Å². The predicted molar refractivity (Wildman–Crippen MR) is 67.5 cm³/mol. The highest BCUT2D eigenvalue weighted by atomic mass is 79.9. The fraction of sp³-hybridized carbons (Fsp3) is 0.462. The van der Waals surface area contributed by atoms with E-state index in [0.29, 0.717) is 18.4 Å². The third kappa shape index (κ3) is 3.41. The Morgan fingerprint density at radius 2 is 2.19 bits per heavy atom. The van der Waals surface area contributed by atoms with Gasteiger partial charge in [-0.25, -0.2) is 4.39 Å². The van der Waals surface area contributed by atoms with Crippen molar-refractivity contribution in [3.63, 3.8) is 0 Å².